The molecular weight excluding hydrogens is 124 g/mol. The highest BCUT2D eigenvalue weighted by Gasteiger charge is 2.30. The van der Waals surface area contributed by atoms with Crippen molar-refractivity contribution in [2.45, 2.75) is 39.5 Å². The van der Waals surface area contributed by atoms with Crippen LogP contribution in [0.25, 0.3) is 0 Å². The molecule has 0 heterocycles. The van der Waals surface area contributed by atoms with Crippen molar-refractivity contribution in [3.05, 3.63) is 0 Å². The Kier molecular flexibility index (Phi) is 4.71. The van der Waals surface area contributed by atoms with Crippen LogP contribution in [-0.2, 0) is 0 Å². The zero-order valence-corrected chi connectivity index (χ0v) is 6.14. The number of hydrogen-bond donors (Lipinski definition) is 1. The van der Waals surface area contributed by atoms with Gasteiger partial charge in [-0.15, -0.1) is 0 Å². The highest BCUT2D eigenvalue weighted by molar-refractivity contribution is 4.82. The van der Waals surface area contributed by atoms with E-state index < -0.39 is 0 Å². The maximum Gasteiger partial charge on any atom is 0.0319 e. The Hall–Kier alpha value is -0.0400. The summed E-state index contributed by atoms with van der Waals surface area (Å²) in [6.07, 6.45) is 7.82. The summed E-state index contributed by atoms with van der Waals surface area (Å²) < 4.78 is 0. The van der Waals surface area contributed by atoms with Gasteiger partial charge in [0.15, 0.2) is 0 Å². The Balaban J connectivity index is 0.000000251. The molecule has 0 saturated heterocycles. The predicted molar refractivity (Wildman–Crippen MR) is 44.9 cm³/mol. The fraction of sp³-hybridized carbons (Fsp3) is 1.00. The summed E-state index contributed by atoms with van der Waals surface area (Å²) in [4.78, 5) is 0. The molecule has 2 saturated carbocycles. The van der Waals surface area contributed by atoms with Gasteiger partial charge >= 0.3 is 0 Å². The minimum absolute atomic E-state index is 0. The molecular formula is C9H20O. The van der Waals surface area contributed by atoms with Crippen molar-refractivity contribution in [1.29, 1.82) is 0 Å². The van der Waals surface area contributed by atoms with Gasteiger partial charge in [0.1, 0.15) is 0 Å². The van der Waals surface area contributed by atoms with E-state index in [1.54, 1.807) is 32.1 Å². The van der Waals surface area contributed by atoms with E-state index in [2.05, 4.69) is 0 Å². The standard InChI is InChI=1S/C7H12.CH4O.CH4/c1-2-7-4-3-6(1)5-7;1-2;/h6-7H,1-5H2;2H,1H3;1H4. The van der Waals surface area contributed by atoms with Crippen LogP contribution < -0.4 is 0 Å². The topological polar surface area (TPSA) is 20.2 Å². The molecule has 2 aliphatic rings. The first kappa shape index (κ1) is 9.96. The Morgan fingerprint density at radius 1 is 0.900 bits per heavy atom. The smallest absolute Gasteiger partial charge is 0.0319 e. The second-order valence-corrected chi connectivity index (χ2v) is 3.12. The van der Waals surface area contributed by atoms with Gasteiger partial charge in [-0.2, -0.15) is 0 Å². The number of aliphatic hydroxyl groups excluding tert-OH is 1. The van der Waals surface area contributed by atoms with Gasteiger partial charge in [0.25, 0.3) is 0 Å². The molecule has 2 rings (SSSR count). The summed E-state index contributed by atoms with van der Waals surface area (Å²) >= 11 is 0. The number of fused-ring (bicyclic) bond motifs is 2. The second-order valence-electron chi connectivity index (χ2n) is 3.12. The van der Waals surface area contributed by atoms with E-state index in [1.165, 1.54) is 11.8 Å². The average Bonchev–Trinajstić information content (AvgIpc) is 2.53. The Bertz CT molecular complexity index is 62.8. The molecule has 0 aromatic rings. The summed E-state index contributed by atoms with van der Waals surface area (Å²) in [5.41, 5.74) is 0. The van der Waals surface area contributed by atoms with Crippen molar-refractivity contribution in [2.75, 3.05) is 7.11 Å². The average molecular weight is 144 g/mol. The zero-order valence-electron chi connectivity index (χ0n) is 6.14. The van der Waals surface area contributed by atoms with Crippen LogP contribution in [-0.4, -0.2) is 12.2 Å². The lowest BCUT2D eigenvalue weighted by atomic mass is 10.0. The molecule has 0 spiro atoms. The van der Waals surface area contributed by atoms with Gasteiger partial charge in [-0.3, -0.25) is 0 Å². The molecule has 62 valence electrons. The molecule has 2 fully saturated rings. The SMILES string of the molecule is C.C1CC2CCC1C2.CO. The second kappa shape index (κ2) is 4.73. The molecule has 0 atom stereocenters. The predicted octanol–water partition coefficient (Wildman–Crippen LogP) is 2.44. The van der Waals surface area contributed by atoms with Crippen molar-refractivity contribution in [1.82, 2.24) is 0 Å². The van der Waals surface area contributed by atoms with Crippen LogP contribution in [0.5, 0.6) is 0 Å². The summed E-state index contributed by atoms with van der Waals surface area (Å²) in [5, 5.41) is 7.00. The molecule has 0 aromatic heterocycles. The van der Waals surface area contributed by atoms with E-state index in [9.17, 15) is 0 Å². The maximum absolute atomic E-state index is 7.00. The van der Waals surface area contributed by atoms with Crippen LogP contribution in [0.15, 0.2) is 0 Å². The molecule has 1 heteroatoms. The molecule has 2 bridgehead atoms. The summed E-state index contributed by atoms with van der Waals surface area (Å²) in [7, 11) is 1.00. The van der Waals surface area contributed by atoms with Gasteiger partial charge in [-0.1, -0.05) is 33.1 Å². The first-order valence-corrected chi connectivity index (χ1v) is 3.90. The molecule has 0 unspecified atom stereocenters. The van der Waals surface area contributed by atoms with Crippen LogP contribution in [0.2, 0.25) is 0 Å². The van der Waals surface area contributed by atoms with Gasteiger partial charge in [-0.25, -0.2) is 0 Å². The number of aliphatic hydroxyl groups is 1. The lowest BCUT2D eigenvalue weighted by Crippen LogP contribution is -1.90. The molecule has 1 nitrogen and oxygen atoms in total. The zero-order chi connectivity index (χ0) is 6.69. The lowest BCUT2D eigenvalue weighted by molar-refractivity contribution is 0.399. The Morgan fingerprint density at radius 3 is 1.30 bits per heavy atom. The molecule has 1 N–H and O–H groups in total. The molecule has 0 aliphatic heterocycles. The minimum Gasteiger partial charge on any atom is -0.400 e. The van der Waals surface area contributed by atoms with E-state index in [-0.39, 0.29) is 7.43 Å². The monoisotopic (exact) mass is 144 g/mol. The highest BCUT2D eigenvalue weighted by Crippen LogP contribution is 2.43. The van der Waals surface area contributed by atoms with E-state index in [4.69, 9.17) is 5.11 Å². The van der Waals surface area contributed by atoms with E-state index in [1.807, 2.05) is 0 Å². The van der Waals surface area contributed by atoms with Gasteiger partial charge < -0.3 is 5.11 Å². The van der Waals surface area contributed by atoms with E-state index in [0.29, 0.717) is 0 Å². The van der Waals surface area contributed by atoms with Crippen molar-refractivity contribution in [2.24, 2.45) is 11.8 Å². The van der Waals surface area contributed by atoms with Gasteiger partial charge in [-0.05, 0) is 18.3 Å². The van der Waals surface area contributed by atoms with E-state index in [0.717, 1.165) is 7.11 Å². The molecule has 0 aromatic carbocycles. The third-order valence-electron chi connectivity index (χ3n) is 2.63. The largest absolute Gasteiger partial charge is 0.400 e. The third kappa shape index (κ3) is 1.98. The molecule has 10 heavy (non-hydrogen) atoms. The minimum atomic E-state index is 0. The van der Waals surface area contributed by atoms with Crippen LogP contribution in [0.3, 0.4) is 0 Å². The molecule has 2 aliphatic carbocycles. The van der Waals surface area contributed by atoms with E-state index >= 15 is 0 Å². The van der Waals surface area contributed by atoms with Gasteiger partial charge in [0.05, 0.1) is 0 Å². The Labute approximate surface area is 64.5 Å². The van der Waals surface area contributed by atoms with Gasteiger partial charge in [0, 0.05) is 7.11 Å². The van der Waals surface area contributed by atoms with Crippen molar-refractivity contribution >= 4 is 0 Å². The molecule has 0 radical (unpaired) electrons. The fourth-order valence-corrected chi connectivity index (χ4v) is 2.17. The molecule has 0 amide bonds. The van der Waals surface area contributed by atoms with Crippen LogP contribution in [0.1, 0.15) is 39.5 Å². The summed E-state index contributed by atoms with van der Waals surface area (Å²) in [5.74, 6) is 2.34. The third-order valence-corrected chi connectivity index (χ3v) is 2.63. The number of rotatable bonds is 0. The normalized spacial score (nSPS) is 34.2. The van der Waals surface area contributed by atoms with Crippen molar-refractivity contribution in [3.8, 4) is 0 Å². The van der Waals surface area contributed by atoms with Crippen molar-refractivity contribution in [3.63, 3.8) is 0 Å². The maximum atomic E-state index is 7.00. The fourth-order valence-electron chi connectivity index (χ4n) is 2.17. The quantitative estimate of drug-likeness (QED) is 0.553. The van der Waals surface area contributed by atoms with Crippen molar-refractivity contribution < 1.29 is 5.11 Å². The first-order valence-electron chi connectivity index (χ1n) is 3.90. The first-order chi connectivity index (χ1) is 4.45. The number of hydrogen-bond acceptors (Lipinski definition) is 1. The lowest BCUT2D eigenvalue weighted by Gasteiger charge is -2.05. The summed E-state index contributed by atoms with van der Waals surface area (Å²) in [6, 6.07) is 0. The van der Waals surface area contributed by atoms with Crippen LogP contribution >= 0.6 is 0 Å². The van der Waals surface area contributed by atoms with Crippen LogP contribution in [0.4, 0.5) is 0 Å². The van der Waals surface area contributed by atoms with Crippen LogP contribution in [0, 0.1) is 11.8 Å². The highest BCUT2D eigenvalue weighted by atomic mass is 16.2. The van der Waals surface area contributed by atoms with Gasteiger partial charge in [0.2, 0.25) is 0 Å². The Morgan fingerprint density at radius 2 is 1.20 bits per heavy atom. The summed E-state index contributed by atoms with van der Waals surface area (Å²) in [6.45, 7) is 0.